The number of rotatable bonds is 6. The standard InChI is InChI=1S/C18H26N2O4/c1-11(21)15(12(2)22)9-19-17-7-5-6-8-18(17)20-10-16(13(3)23)14(4)24/h9-10,17-18,21,23H,5-8H2,1-4H3/t17-,18-/m0/s1. The molecule has 1 rings (SSSR count). The molecule has 0 heterocycles. The van der Waals surface area contributed by atoms with Crippen LogP contribution in [0.15, 0.2) is 32.6 Å². The molecule has 0 spiro atoms. The second kappa shape index (κ2) is 9.15. The molecule has 0 radical (unpaired) electrons. The van der Waals surface area contributed by atoms with Crippen LogP contribution >= 0.6 is 0 Å². The Labute approximate surface area is 142 Å². The number of Topliss-reactive ketones (excluding diaryl/α,β-unsaturated/α-hetero) is 2. The zero-order valence-corrected chi connectivity index (χ0v) is 14.7. The lowest BCUT2D eigenvalue weighted by Crippen LogP contribution is -2.27. The fourth-order valence-electron chi connectivity index (χ4n) is 2.66. The van der Waals surface area contributed by atoms with Crippen LogP contribution in [0.2, 0.25) is 0 Å². The number of aliphatic hydroxyl groups is 2. The third kappa shape index (κ3) is 5.76. The molecule has 1 aliphatic rings. The van der Waals surface area contributed by atoms with Gasteiger partial charge in [0.15, 0.2) is 11.6 Å². The van der Waals surface area contributed by atoms with Gasteiger partial charge in [0.1, 0.15) is 11.5 Å². The van der Waals surface area contributed by atoms with Gasteiger partial charge in [-0.25, -0.2) is 0 Å². The first kappa shape index (κ1) is 19.8. The van der Waals surface area contributed by atoms with E-state index in [1.165, 1.54) is 40.1 Å². The third-order valence-corrected chi connectivity index (χ3v) is 4.02. The van der Waals surface area contributed by atoms with Gasteiger partial charge in [-0.3, -0.25) is 19.6 Å². The second-order valence-electron chi connectivity index (χ2n) is 6.09. The van der Waals surface area contributed by atoms with Crippen molar-refractivity contribution in [3.63, 3.8) is 0 Å². The molecule has 0 amide bonds. The van der Waals surface area contributed by atoms with Gasteiger partial charge in [0.05, 0.1) is 23.2 Å². The maximum atomic E-state index is 11.5. The number of allylic oxidation sites excluding steroid dienone is 4. The summed E-state index contributed by atoms with van der Waals surface area (Å²) >= 11 is 0. The molecule has 24 heavy (non-hydrogen) atoms. The number of aliphatic hydroxyl groups excluding tert-OH is 2. The van der Waals surface area contributed by atoms with Crippen molar-refractivity contribution in [3.8, 4) is 0 Å². The van der Waals surface area contributed by atoms with Crippen LogP contribution in [0.5, 0.6) is 0 Å². The topological polar surface area (TPSA) is 99.3 Å². The summed E-state index contributed by atoms with van der Waals surface area (Å²) < 4.78 is 0. The highest BCUT2D eigenvalue weighted by Gasteiger charge is 2.24. The third-order valence-electron chi connectivity index (χ3n) is 4.02. The zero-order valence-electron chi connectivity index (χ0n) is 14.7. The van der Waals surface area contributed by atoms with Crippen molar-refractivity contribution in [3.05, 3.63) is 22.7 Å². The molecule has 1 aliphatic carbocycles. The Kier molecular flexibility index (Phi) is 7.55. The average Bonchev–Trinajstić information content (AvgIpc) is 2.47. The van der Waals surface area contributed by atoms with Gasteiger partial charge in [0.2, 0.25) is 0 Å². The molecule has 132 valence electrons. The molecule has 2 N–H and O–H groups in total. The van der Waals surface area contributed by atoms with E-state index in [2.05, 4.69) is 9.98 Å². The van der Waals surface area contributed by atoms with Crippen LogP contribution in [-0.2, 0) is 9.59 Å². The fraction of sp³-hybridized carbons (Fsp3) is 0.556. The number of carbonyl (C=O) groups is 2. The van der Waals surface area contributed by atoms with Gasteiger partial charge in [-0.15, -0.1) is 0 Å². The van der Waals surface area contributed by atoms with E-state index in [9.17, 15) is 19.8 Å². The van der Waals surface area contributed by atoms with Crippen LogP contribution in [0.4, 0.5) is 0 Å². The predicted octanol–water partition coefficient (Wildman–Crippen LogP) is 3.28. The Morgan fingerprint density at radius 1 is 0.792 bits per heavy atom. The second-order valence-corrected chi connectivity index (χ2v) is 6.09. The summed E-state index contributed by atoms with van der Waals surface area (Å²) in [5, 5.41) is 19.1. The predicted molar refractivity (Wildman–Crippen MR) is 95.0 cm³/mol. The first-order valence-corrected chi connectivity index (χ1v) is 8.12. The van der Waals surface area contributed by atoms with E-state index >= 15 is 0 Å². The van der Waals surface area contributed by atoms with Crippen molar-refractivity contribution >= 4 is 24.0 Å². The van der Waals surface area contributed by atoms with Crippen molar-refractivity contribution in [2.75, 3.05) is 0 Å². The molecule has 0 aromatic heterocycles. The van der Waals surface area contributed by atoms with Gasteiger partial charge >= 0.3 is 0 Å². The van der Waals surface area contributed by atoms with Gasteiger partial charge in [0, 0.05) is 12.4 Å². The Morgan fingerprint density at radius 3 is 1.38 bits per heavy atom. The average molecular weight is 334 g/mol. The van der Waals surface area contributed by atoms with Crippen LogP contribution in [0.1, 0.15) is 53.4 Å². The van der Waals surface area contributed by atoms with E-state index in [-0.39, 0.29) is 46.3 Å². The minimum atomic E-state index is -0.243. The lowest BCUT2D eigenvalue weighted by Gasteiger charge is -2.25. The lowest BCUT2D eigenvalue weighted by atomic mass is 9.91. The van der Waals surface area contributed by atoms with E-state index in [0.29, 0.717) is 0 Å². The normalized spacial score (nSPS) is 24.0. The number of aliphatic imine (C=N–C) groups is 2. The van der Waals surface area contributed by atoms with Crippen molar-refractivity contribution in [2.24, 2.45) is 9.98 Å². The summed E-state index contributed by atoms with van der Waals surface area (Å²) in [5.41, 5.74) is 0.387. The number of hydrogen-bond acceptors (Lipinski definition) is 6. The molecule has 0 aromatic carbocycles. The highest BCUT2D eigenvalue weighted by molar-refractivity contribution is 6.13. The van der Waals surface area contributed by atoms with Crippen LogP contribution < -0.4 is 0 Å². The SMILES string of the molecule is CC(=O)C(C=N[C@H]1CCCC[C@@H]1N=CC(C(C)=O)=C(C)O)=C(C)O. The molecule has 0 aromatic rings. The van der Waals surface area contributed by atoms with E-state index in [1.54, 1.807) is 0 Å². The molecule has 1 saturated carbocycles. The summed E-state index contributed by atoms with van der Waals surface area (Å²) in [6.07, 6.45) is 6.50. The smallest absolute Gasteiger partial charge is 0.164 e. The highest BCUT2D eigenvalue weighted by atomic mass is 16.3. The first-order valence-electron chi connectivity index (χ1n) is 8.12. The molecular weight excluding hydrogens is 308 g/mol. The number of ketones is 2. The molecular formula is C18H26N2O4. The van der Waals surface area contributed by atoms with Gasteiger partial charge in [-0.2, -0.15) is 0 Å². The van der Waals surface area contributed by atoms with Gasteiger partial charge in [-0.1, -0.05) is 12.8 Å². The van der Waals surface area contributed by atoms with Gasteiger partial charge < -0.3 is 10.2 Å². The van der Waals surface area contributed by atoms with Gasteiger partial charge in [0.25, 0.3) is 0 Å². The quantitative estimate of drug-likeness (QED) is 0.442. The van der Waals surface area contributed by atoms with Crippen molar-refractivity contribution < 1.29 is 19.8 Å². The van der Waals surface area contributed by atoms with Crippen molar-refractivity contribution in [2.45, 2.75) is 65.5 Å². The fourth-order valence-corrected chi connectivity index (χ4v) is 2.66. The molecule has 6 heteroatoms. The summed E-state index contributed by atoms with van der Waals surface area (Å²) in [4.78, 5) is 31.9. The maximum Gasteiger partial charge on any atom is 0.164 e. The molecule has 0 aliphatic heterocycles. The van der Waals surface area contributed by atoms with E-state index in [0.717, 1.165) is 25.7 Å². The van der Waals surface area contributed by atoms with E-state index in [4.69, 9.17) is 0 Å². The molecule has 0 saturated heterocycles. The Bertz CT molecular complexity index is 553. The summed E-state index contributed by atoms with van der Waals surface area (Å²) in [6, 6.07) is -0.230. The summed E-state index contributed by atoms with van der Waals surface area (Å²) in [5.74, 6) is -0.598. The molecule has 6 nitrogen and oxygen atoms in total. The summed E-state index contributed by atoms with van der Waals surface area (Å²) in [6.45, 7) is 5.66. The van der Waals surface area contributed by atoms with Gasteiger partial charge in [-0.05, 0) is 40.5 Å². The Balaban J connectivity index is 2.98. The minimum Gasteiger partial charge on any atom is -0.512 e. The lowest BCUT2D eigenvalue weighted by molar-refractivity contribution is -0.114. The highest BCUT2D eigenvalue weighted by Crippen LogP contribution is 2.24. The first-order chi connectivity index (χ1) is 11.2. The number of hydrogen-bond donors (Lipinski definition) is 2. The monoisotopic (exact) mass is 334 g/mol. The zero-order chi connectivity index (χ0) is 18.3. The summed E-state index contributed by atoms with van der Waals surface area (Å²) in [7, 11) is 0. The Morgan fingerprint density at radius 2 is 1.12 bits per heavy atom. The molecule has 0 unspecified atom stereocenters. The largest absolute Gasteiger partial charge is 0.512 e. The maximum absolute atomic E-state index is 11.5. The minimum absolute atomic E-state index is 0.0557. The van der Waals surface area contributed by atoms with Crippen LogP contribution in [-0.4, -0.2) is 46.3 Å². The van der Waals surface area contributed by atoms with Crippen LogP contribution in [0.3, 0.4) is 0 Å². The van der Waals surface area contributed by atoms with Crippen LogP contribution in [0, 0.1) is 0 Å². The number of carbonyl (C=O) groups excluding carboxylic acids is 2. The Hall–Kier alpha value is -2.24. The number of nitrogens with zero attached hydrogens (tertiary/aromatic N) is 2. The molecule has 0 bridgehead atoms. The van der Waals surface area contributed by atoms with E-state index < -0.39 is 0 Å². The molecule has 1 fully saturated rings. The van der Waals surface area contributed by atoms with Crippen LogP contribution in [0.25, 0.3) is 0 Å². The van der Waals surface area contributed by atoms with Crippen molar-refractivity contribution in [1.82, 2.24) is 0 Å². The van der Waals surface area contributed by atoms with Crippen molar-refractivity contribution in [1.29, 1.82) is 0 Å². The molecule has 2 atom stereocenters. The van der Waals surface area contributed by atoms with E-state index in [1.807, 2.05) is 0 Å².